The van der Waals surface area contributed by atoms with Crippen molar-refractivity contribution in [2.45, 2.75) is 46.1 Å². The van der Waals surface area contributed by atoms with Gasteiger partial charge in [-0.15, -0.1) is 11.3 Å². The Morgan fingerprint density at radius 2 is 2.00 bits per heavy atom. The summed E-state index contributed by atoms with van der Waals surface area (Å²) in [5, 5.41) is 2.77. The van der Waals surface area contributed by atoms with E-state index in [9.17, 15) is 9.59 Å². The molecule has 3 rings (SSSR count). The van der Waals surface area contributed by atoms with Crippen LogP contribution in [-0.4, -0.2) is 18.0 Å². The maximum Gasteiger partial charge on any atom is 0.349 e. The van der Waals surface area contributed by atoms with Crippen LogP contribution in [-0.2, 0) is 22.4 Å². The molecule has 1 heterocycles. The van der Waals surface area contributed by atoms with Crippen LogP contribution in [0.2, 0.25) is 0 Å². The van der Waals surface area contributed by atoms with Crippen LogP contribution < -0.4 is 5.32 Å². The van der Waals surface area contributed by atoms with Gasteiger partial charge in [-0.3, -0.25) is 4.79 Å². The zero-order valence-corrected chi connectivity index (χ0v) is 15.6. The lowest BCUT2D eigenvalue weighted by Crippen LogP contribution is -2.29. The first-order chi connectivity index (χ1) is 11.9. The highest BCUT2D eigenvalue weighted by molar-refractivity contribution is 7.14. The van der Waals surface area contributed by atoms with Gasteiger partial charge in [0.2, 0.25) is 0 Å². The van der Waals surface area contributed by atoms with Crippen LogP contribution in [0.15, 0.2) is 30.3 Å². The van der Waals surface area contributed by atoms with Crippen molar-refractivity contribution in [1.82, 2.24) is 0 Å². The van der Waals surface area contributed by atoms with Crippen molar-refractivity contribution in [2.75, 3.05) is 5.32 Å². The van der Waals surface area contributed by atoms with Gasteiger partial charge in [-0.1, -0.05) is 24.6 Å². The third kappa shape index (κ3) is 4.28. The summed E-state index contributed by atoms with van der Waals surface area (Å²) in [6.45, 7) is 5.81. The largest absolute Gasteiger partial charge is 0.448 e. The Kier molecular flexibility index (Phi) is 5.23. The summed E-state index contributed by atoms with van der Waals surface area (Å²) in [5.41, 5.74) is 3.07. The van der Waals surface area contributed by atoms with Gasteiger partial charge in [-0.05, 0) is 62.8 Å². The second kappa shape index (κ2) is 7.40. The number of rotatable bonds is 4. The third-order valence-electron chi connectivity index (χ3n) is 4.50. The molecule has 1 N–H and O–H groups in total. The third-order valence-corrected chi connectivity index (χ3v) is 5.72. The number of anilines is 1. The minimum Gasteiger partial charge on any atom is -0.448 e. The smallest absolute Gasteiger partial charge is 0.349 e. The number of amides is 1. The number of aryl methyl sites for hydroxylation is 2. The van der Waals surface area contributed by atoms with Crippen molar-refractivity contribution >= 4 is 28.9 Å². The molecule has 0 fully saturated rings. The molecule has 132 valence electrons. The fourth-order valence-electron chi connectivity index (χ4n) is 2.96. The van der Waals surface area contributed by atoms with Crippen LogP contribution in [0.1, 0.15) is 45.9 Å². The summed E-state index contributed by atoms with van der Waals surface area (Å²) in [4.78, 5) is 26.5. The molecule has 1 amide bonds. The van der Waals surface area contributed by atoms with E-state index in [1.807, 2.05) is 37.3 Å². The summed E-state index contributed by atoms with van der Waals surface area (Å²) in [7, 11) is 0. The molecule has 2 aromatic rings. The lowest BCUT2D eigenvalue weighted by atomic mass is 9.90. The van der Waals surface area contributed by atoms with Crippen LogP contribution >= 0.6 is 11.3 Å². The molecule has 0 bridgehead atoms. The second-order valence-electron chi connectivity index (χ2n) is 6.81. The lowest BCUT2D eigenvalue weighted by Gasteiger charge is -2.16. The van der Waals surface area contributed by atoms with Crippen molar-refractivity contribution in [2.24, 2.45) is 5.92 Å². The molecule has 0 unspecified atom stereocenters. The minimum absolute atomic E-state index is 0.327. The van der Waals surface area contributed by atoms with Crippen molar-refractivity contribution in [3.05, 3.63) is 51.2 Å². The Bertz CT molecular complexity index is 779. The molecule has 0 saturated heterocycles. The Hall–Kier alpha value is -2.14. The molecule has 0 spiro atoms. The fraction of sp³-hybridized carbons (Fsp3) is 0.400. The van der Waals surface area contributed by atoms with Crippen LogP contribution in [0.25, 0.3) is 0 Å². The van der Waals surface area contributed by atoms with Crippen LogP contribution in [0.5, 0.6) is 0 Å². The first-order valence-corrected chi connectivity index (χ1v) is 9.44. The van der Waals surface area contributed by atoms with E-state index in [1.54, 1.807) is 6.92 Å². The predicted octanol–water partition coefficient (Wildman–Crippen LogP) is 4.37. The van der Waals surface area contributed by atoms with Gasteiger partial charge < -0.3 is 10.1 Å². The molecule has 4 nitrogen and oxygen atoms in total. The van der Waals surface area contributed by atoms with Crippen LogP contribution in [0, 0.1) is 12.8 Å². The van der Waals surface area contributed by atoms with E-state index in [0.29, 0.717) is 16.5 Å². The molecule has 0 radical (unpaired) electrons. The van der Waals surface area contributed by atoms with E-state index < -0.39 is 12.1 Å². The van der Waals surface area contributed by atoms with Gasteiger partial charge in [-0.25, -0.2) is 4.79 Å². The van der Waals surface area contributed by atoms with Gasteiger partial charge in [0.1, 0.15) is 4.88 Å². The molecule has 1 aliphatic carbocycles. The number of hydrogen-bond donors (Lipinski definition) is 1. The molecule has 5 heteroatoms. The maximum absolute atomic E-state index is 12.4. The van der Waals surface area contributed by atoms with Gasteiger partial charge in [0.25, 0.3) is 5.91 Å². The number of carbonyl (C=O) groups excluding carboxylic acids is 2. The fourth-order valence-corrected chi connectivity index (χ4v) is 4.05. The minimum atomic E-state index is -0.841. The first-order valence-electron chi connectivity index (χ1n) is 8.62. The highest BCUT2D eigenvalue weighted by atomic mass is 32.1. The summed E-state index contributed by atoms with van der Waals surface area (Å²) in [6.07, 6.45) is 2.37. The number of fused-ring (bicyclic) bond motifs is 1. The summed E-state index contributed by atoms with van der Waals surface area (Å²) < 4.78 is 5.36. The van der Waals surface area contributed by atoms with E-state index >= 15 is 0 Å². The SMILES string of the molecule is Cc1ccc(NC(=O)[C@@H](C)OC(=O)c2cc3c(s2)CC[C@H](C)C3)cc1. The van der Waals surface area contributed by atoms with Crippen molar-refractivity contribution < 1.29 is 14.3 Å². The topological polar surface area (TPSA) is 55.4 Å². The van der Waals surface area contributed by atoms with Gasteiger partial charge in [0.05, 0.1) is 0 Å². The zero-order valence-electron chi connectivity index (χ0n) is 14.8. The summed E-state index contributed by atoms with van der Waals surface area (Å²) >= 11 is 1.50. The summed E-state index contributed by atoms with van der Waals surface area (Å²) in [6, 6.07) is 9.43. The average Bonchev–Trinajstić information content (AvgIpc) is 3.00. The molecule has 1 aromatic heterocycles. The van der Waals surface area contributed by atoms with Gasteiger partial charge in [0.15, 0.2) is 6.10 Å². The Morgan fingerprint density at radius 1 is 1.28 bits per heavy atom. The molecule has 0 aliphatic heterocycles. The number of esters is 1. The quantitative estimate of drug-likeness (QED) is 0.827. The van der Waals surface area contributed by atoms with E-state index in [1.165, 1.54) is 21.8 Å². The molecule has 1 aliphatic rings. The molecule has 25 heavy (non-hydrogen) atoms. The Labute approximate surface area is 152 Å². The molecular weight excluding hydrogens is 334 g/mol. The first kappa shape index (κ1) is 17.7. The lowest BCUT2D eigenvalue weighted by molar-refractivity contribution is -0.123. The van der Waals surface area contributed by atoms with Crippen LogP contribution in [0.4, 0.5) is 5.69 Å². The number of benzene rings is 1. The Morgan fingerprint density at radius 3 is 2.72 bits per heavy atom. The number of hydrogen-bond acceptors (Lipinski definition) is 4. The molecule has 0 saturated carbocycles. The normalized spacial score (nSPS) is 17.5. The molecule has 2 atom stereocenters. The summed E-state index contributed by atoms with van der Waals surface area (Å²) in [5.74, 6) is -0.0871. The van der Waals surface area contributed by atoms with Crippen molar-refractivity contribution in [1.29, 1.82) is 0 Å². The van der Waals surface area contributed by atoms with Crippen molar-refractivity contribution in [3.63, 3.8) is 0 Å². The number of carbonyl (C=O) groups is 2. The number of nitrogens with one attached hydrogen (secondary N) is 1. The standard InChI is InChI=1S/C20H23NO3S/c1-12-4-7-16(8-5-12)21-19(22)14(3)24-20(23)18-11-15-10-13(2)6-9-17(15)25-18/h4-5,7-8,11,13-14H,6,9-10H2,1-3H3,(H,21,22)/t13-,14+/m0/s1. The van der Waals surface area contributed by atoms with E-state index in [0.717, 1.165) is 24.8 Å². The van der Waals surface area contributed by atoms with Gasteiger partial charge in [-0.2, -0.15) is 0 Å². The van der Waals surface area contributed by atoms with Gasteiger partial charge >= 0.3 is 5.97 Å². The number of thiophene rings is 1. The average molecular weight is 357 g/mol. The monoisotopic (exact) mass is 357 g/mol. The van der Waals surface area contributed by atoms with E-state index in [-0.39, 0.29) is 5.91 Å². The van der Waals surface area contributed by atoms with Crippen LogP contribution in [0.3, 0.4) is 0 Å². The van der Waals surface area contributed by atoms with Gasteiger partial charge in [0, 0.05) is 10.6 Å². The van der Waals surface area contributed by atoms with E-state index in [4.69, 9.17) is 4.74 Å². The maximum atomic E-state index is 12.4. The van der Waals surface area contributed by atoms with Crippen molar-refractivity contribution in [3.8, 4) is 0 Å². The highest BCUT2D eigenvalue weighted by Crippen LogP contribution is 2.32. The van der Waals surface area contributed by atoms with E-state index in [2.05, 4.69) is 12.2 Å². The second-order valence-corrected chi connectivity index (χ2v) is 7.95. The molecule has 1 aromatic carbocycles. The zero-order chi connectivity index (χ0) is 18.0. The number of ether oxygens (including phenoxy) is 1. The Balaban J connectivity index is 1.60. The predicted molar refractivity (Wildman–Crippen MR) is 100 cm³/mol. The molecular formula is C20H23NO3S. The highest BCUT2D eigenvalue weighted by Gasteiger charge is 2.24.